The molecule has 5 atom stereocenters. The van der Waals surface area contributed by atoms with Gasteiger partial charge in [-0.3, -0.25) is 4.79 Å². The van der Waals surface area contributed by atoms with Gasteiger partial charge >= 0.3 is 6.18 Å². The molecule has 4 heterocycles. The number of nitrogens with one attached hydrogen (secondary N) is 1. The maximum atomic E-state index is 14.7. The third-order valence-corrected chi connectivity index (χ3v) is 11.6. The second-order valence-corrected chi connectivity index (χ2v) is 14.4. The number of fused-ring (bicyclic) bond motifs is 2. The number of likely N-dealkylation sites (tertiary alicyclic amines) is 1. The Morgan fingerprint density at radius 1 is 1.16 bits per heavy atom. The molecule has 2 saturated heterocycles. The molecule has 4 aliphatic rings. The van der Waals surface area contributed by atoms with E-state index in [-0.39, 0.29) is 11.3 Å². The van der Waals surface area contributed by atoms with Gasteiger partial charge in [-0.05, 0) is 56.4 Å². The van der Waals surface area contributed by atoms with Crippen LogP contribution in [0.4, 0.5) is 13.2 Å². The SMILES string of the molecule is CCC[NH+]1Cc2nc(C)sc2[C@]2(C[NH2+]C[C@@H]2C(=O)N2CC[C@@H](c3ccccc3)C[C@H]2C2CCCCC2)C1.O=C([O-])C(F)(F)F. The molecule has 1 aromatic heterocycles. The van der Waals surface area contributed by atoms with Gasteiger partial charge < -0.3 is 25.0 Å². The zero-order valence-corrected chi connectivity index (χ0v) is 26.7. The van der Waals surface area contributed by atoms with Crippen molar-refractivity contribution in [2.45, 2.75) is 95.3 Å². The van der Waals surface area contributed by atoms with E-state index in [1.807, 2.05) is 11.3 Å². The van der Waals surface area contributed by atoms with Gasteiger partial charge in [-0.15, -0.1) is 11.3 Å². The Balaban J connectivity index is 0.000000493. The Labute approximate surface area is 262 Å². The molecule has 11 heteroatoms. The summed E-state index contributed by atoms with van der Waals surface area (Å²) in [4.78, 5) is 34.0. The molecule has 6 rings (SSSR count). The molecule has 1 spiro atoms. The molecule has 1 unspecified atom stereocenters. The summed E-state index contributed by atoms with van der Waals surface area (Å²) in [6.45, 7) is 10.6. The van der Waals surface area contributed by atoms with E-state index >= 15 is 0 Å². The van der Waals surface area contributed by atoms with Gasteiger partial charge in [-0.25, -0.2) is 4.98 Å². The number of aliphatic carboxylic acids is 1. The molecule has 3 aliphatic heterocycles. The number of hydrogen-bond acceptors (Lipinski definition) is 5. The fraction of sp³-hybridized carbons (Fsp3) is 0.667. The van der Waals surface area contributed by atoms with Crippen molar-refractivity contribution in [3.8, 4) is 0 Å². The molecule has 2 aromatic rings. The number of carboxylic acid groups (broad SMARTS) is 1. The van der Waals surface area contributed by atoms with Crippen molar-refractivity contribution in [3.63, 3.8) is 0 Å². The zero-order valence-electron chi connectivity index (χ0n) is 25.8. The Morgan fingerprint density at radius 2 is 1.86 bits per heavy atom. The second-order valence-electron chi connectivity index (χ2n) is 13.2. The van der Waals surface area contributed by atoms with Crippen LogP contribution in [0.25, 0.3) is 0 Å². The molecule has 0 radical (unpaired) electrons. The molecule has 242 valence electrons. The zero-order chi connectivity index (χ0) is 31.5. The average Bonchev–Trinajstić information content (AvgIpc) is 3.61. The van der Waals surface area contributed by atoms with Crippen LogP contribution in [0.1, 0.15) is 85.4 Å². The van der Waals surface area contributed by atoms with E-state index in [1.165, 1.54) is 66.2 Å². The topological polar surface area (TPSA) is 94.4 Å². The highest BCUT2D eigenvalue weighted by Gasteiger charge is 2.59. The number of piperidine rings is 1. The minimum absolute atomic E-state index is 0.0471. The van der Waals surface area contributed by atoms with E-state index in [1.54, 1.807) is 4.90 Å². The van der Waals surface area contributed by atoms with Crippen LogP contribution in [-0.4, -0.2) is 66.7 Å². The molecule has 44 heavy (non-hydrogen) atoms. The van der Waals surface area contributed by atoms with E-state index in [0.29, 0.717) is 23.8 Å². The van der Waals surface area contributed by atoms with Crippen molar-refractivity contribution in [1.82, 2.24) is 9.88 Å². The van der Waals surface area contributed by atoms with Gasteiger partial charge in [-0.1, -0.05) is 56.5 Å². The van der Waals surface area contributed by atoms with E-state index in [2.05, 4.69) is 54.4 Å². The second kappa shape index (κ2) is 13.9. The van der Waals surface area contributed by atoms with Gasteiger partial charge in [0.25, 0.3) is 0 Å². The third kappa shape index (κ3) is 6.99. The third-order valence-electron chi connectivity index (χ3n) is 10.3. The summed E-state index contributed by atoms with van der Waals surface area (Å²) < 4.78 is 31.5. The summed E-state index contributed by atoms with van der Waals surface area (Å²) in [6.07, 6.45) is 4.85. The van der Waals surface area contributed by atoms with Crippen LogP contribution >= 0.6 is 11.3 Å². The number of alkyl halides is 3. The van der Waals surface area contributed by atoms with Gasteiger partial charge in [0.2, 0.25) is 5.91 Å². The van der Waals surface area contributed by atoms with Crippen molar-refractivity contribution in [1.29, 1.82) is 0 Å². The predicted molar refractivity (Wildman–Crippen MR) is 160 cm³/mol. The maximum Gasteiger partial charge on any atom is 0.430 e. The molecule has 1 aromatic carbocycles. The number of aromatic nitrogens is 1. The Bertz CT molecular complexity index is 1280. The number of aryl methyl sites for hydroxylation is 1. The first-order valence-electron chi connectivity index (χ1n) is 16.3. The first-order valence-corrected chi connectivity index (χ1v) is 17.1. The normalized spacial score (nSPS) is 29.2. The lowest BCUT2D eigenvalue weighted by Gasteiger charge is -2.47. The Morgan fingerprint density at radius 3 is 2.52 bits per heavy atom. The molecule has 1 amide bonds. The highest BCUT2D eigenvalue weighted by atomic mass is 32.1. The molecule has 7 nitrogen and oxygen atoms in total. The van der Waals surface area contributed by atoms with Crippen LogP contribution in [0, 0.1) is 18.8 Å². The highest BCUT2D eigenvalue weighted by molar-refractivity contribution is 7.11. The first-order chi connectivity index (χ1) is 21.0. The van der Waals surface area contributed by atoms with Crippen molar-refractivity contribution < 1.29 is 38.1 Å². The van der Waals surface area contributed by atoms with Gasteiger partial charge in [-0.2, -0.15) is 13.2 Å². The molecule has 1 saturated carbocycles. The summed E-state index contributed by atoms with van der Waals surface area (Å²) in [5, 5.41) is 12.4. The number of quaternary nitrogens is 2. The number of hydrogen-bond donors (Lipinski definition) is 2. The Kier molecular flexibility index (Phi) is 10.4. The molecule has 3 N–H and O–H groups in total. The quantitative estimate of drug-likeness (QED) is 0.528. The van der Waals surface area contributed by atoms with Crippen LogP contribution < -0.4 is 15.3 Å². The lowest BCUT2D eigenvalue weighted by molar-refractivity contribution is -0.922. The van der Waals surface area contributed by atoms with Crippen LogP contribution in [0.15, 0.2) is 30.3 Å². The molecular weight excluding hydrogens is 589 g/mol. The lowest BCUT2D eigenvalue weighted by Crippen LogP contribution is -3.14. The smallest absolute Gasteiger partial charge is 0.430 e. The first kappa shape index (κ1) is 32.9. The molecule has 0 bridgehead atoms. The van der Waals surface area contributed by atoms with E-state index in [9.17, 15) is 18.0 Å². The van der Waals surface area contributed by atoms with Crippen LogP contribution in [0.3, 0.4) is 0 Å². The molecule has 3 fully saturated rings. The summed E-state index contributed by atoms with van der Waals surface area (Å²) in [7, 11) is 0. The lowest BCUT2D eigenvalue weighted by atomic mass is 9.71. The standard InChI is InChI=1S/C31H44N4OS.C2HF3O2/c1-3-15-34-19-27-29(37-22(2)33-27)31(21-34)20-32-18-26(31)30(36)35-16-14-25(23-10-6-4-7-11-23)17-28(35)24-12-8-5-9-13-24;3-2(4,5)1(6)7/h4,6-7,10-11,24-26,28,32H,3,5,8-9,12-21H2,1-2H3;(H,6,7)/p+1/t25-,26-,28+,31-;/m1./s1. The molecule has 1 aliphatic carbocycles. The van der Waals surface area contributed by atoms with Gasteiger partial charge in [0, 0.05) is 12.6 Å². The summed E-state index contributed by atoms with van der Waals surface area (Å²) in [5.41, 5.74) is 2.71. The van der Waals surface area contributed by atoms with Gasteiger partial charge in [0.15, 0.2) is 0 Å². The van der Waals surface area contributed by atoms with E-state index < -0.39 is 12.1 Å². The summed E-state index contributed by atoms with van der Waals surface area (Å²) in [5.74, 6) is -1.22. The van der Waals surface area contributed by atoms with E-state index in [0.717, 1.165) is 45.6 Å². The number of thiazole rings is 1. The maximum absolute atomic E-state index is 14.7. The van der Waals surface area contributed by atoms with Gasteiger partial charge in [0.1, 0.15) is 29.5 Å². The number of carbonyl (C=O) groups is 2. The van der Waals surface area contributed by atoms with Crippen molar-refractivity contribution in [2.24, 2.45) is 11.8 Å². The minimum atomic E-state index is -5.19. The predicted octanol–water partition coefficient (Wildman–Crippen LogP) is 2.34. The number of nitrogens with zero attached hydrogens (tertiary/aromatic N) is 2. The van der Waals surface area contributed by atoms with Crippen molar-refractivity contribution in [3.05, 3.63) is 51.5 Å². The number of rotatable bonds is 5. The van der Waals surface area contributed by atoms with E-state index in [4.69, 9.17) is 14.9 Å². The number of amides is 1. The fourth-order valence-corrected chi connectivity index (χ4v) is 9.65. The minimum Gasteiger partial charge on any atom is -0.542 e. The van der Waals surface area contributed by atoms with Crippen molar-refractivity contribution in [2.75, 3.05) is 32.7 Å². The fourth-order valence-electron chi connectivity index (χ4n) is 8.46. The largest absolute Gasteiger partial charge is 0.542 e. The Hall–Kier alpha value is -2.50. The van der Waals surface area contributed by atoms with Crippen LogP contribution in [-0.2, 0) is 21.5 Å². The summed E-state index contributed by atoms with van der Waals surface area (Å²) >= 11 is 1.89. The number of carboxylic acids is 1. The average molecular weight is 636 g/mol. The summed E-state index contributed by atoms with van der Waals surface area (Å²) in [6, 6.07) is 11.5. The monoisotopic (exact) mass is 635 g/mol. The van der Waals surface area contributed by atoms with Crippen LogP contribution in [0.2, 0.25) is 0 Å². The highest BCUT2D eigenvalue weighted by Crippen LogP contribution is 2.44. The number of halogens is 3. The molecular formula is C33H46F3N4O3S+. The van der Waals surface area contributed by atoms with Crippen LogP contribution in [0.5, 0.6) is 0 Å². The number of carbonyl (C=O) groups excluding carboxylic acids is 2. The number of benzene rings is 1. The van der Waals surface area contributed by atoms with Crippen molar-refractivity contribution >= 4 is 23.2 Å². The number of nitrogens with two attached hydrogens (primary N) is 1. The van der Waals surface area contributed by atoms with Gasteiger partial charge in [0.05, 0.1) is 36.1 Å².